The van der Waals surface area contributed by atoms with Crippen LogP contribution in [0.3, 0.4) is 0 Å². The molecule has 0 unspecified atom stereocenters. The number of rotatable bonds is 13. The number of carbonyl (C=O) groups excluding carboxylic acids is 3. The Kier molecular flexibility index (Phi) is 11.0. The standard InChI is InChI=1S/C37H59NO4/c1-13-16-32(3,4)19-21-35(9,17-15-30(40)42-12)22-20-33(5,6)37(11)18-14-28-34(7,8)31(41)27(25-38)24-36(28,10)29(37)23-26(2)39/h23-24,28H,13-22H2,1-12H3/b29-23-/t28-,35-,36-,37+/m0/s1. The Labute approximate surface area is 256 Å². The van der Waals surface area contributed by atoms with E-state index in [0.29, 0.717) is 6.42 Å². The molecule has 0 aromatic rings. The first kappa shape index (κ1) is 36.0. The van der Waals surface area contributed by atoms with Crippen molar-refractivity contribution in [2.24, 2.45) is 38.4 Å². The minimum absolute atomic E-state index is 0.00316. The largest absolute Gasteiger partial charge is 0.469 e. The van der Waals surface area contributed by atoms with Crippen molar-refractivity contribution in [1.29, 1.82) is 5.26 Å². The van der Waals surface area contributed by atoms with E-state index in [4.69, 9.17) is 4.74 Å². The number of allylic oxidation sites excluding steroid dienone is 4. The number of carbonyl (C=O) groups is 3. The minimum atomic E-state index is -0.687. The van der Waals surface area contributed by atoms with Gasteiger partial charge in [0.2, 0.25) is 0 Å². The lowest BCUT2D eigenvalue weighted by molar-refractivity contribution is -0.141. The summed E-state index contributed by atoms with van der Waals surface area (Å²) in [5.41, 5.74) is -0.265. The van der Waals surface area contributed by atoms with E-state index in [1.165, 1.54) is 13.5 Å². The number of ketones is 2. The third kappa shape index (κ3) is 7.28. The van der Waals surface area contributed by atoms with Gasteiger partial charge in [-0.15, -0.1) is 0 Å². The van der Waals surface area contributed by atoms with Crippen molar-refractivity contribution in [2.75, 3.05) is 7.11 Å². The summed E-state index contributed by atoms with van der Waals surface area (Å²) in [7, 11) is 1.46. The lowest BCUT2D eigenvalue weighted by Crippen LogP contribution is -2.55. The monoisotopic (exact) mass is 581 g/mol. The summed E-state index contributed by atoms with van der Waals surface area (Å²) in [4.78, 5) is 38.2. The van der Waals surface area contributed by atoms with Crippen LogP contribution in [0, 0.1) is 49.7 Å². The average Bonchev–Trinajstić information content (AvgIpc) is 2.89. The number of Topliss-reactive ketones (excluding diaryl/α,β-unsaturated/α-hetero) is 1. The second kappa shape index (κ2) is 12.8. The van der Waals surface area contributed by atoms with Gasteiger partial charge in [-0.2, -0.15) is 5.26 Å². The summed E-state index contributed by atoms with van der Waals surface area (Å²) in [5.74, 6) is -0.246. The van der Waals surface area contributed by atoms with Gasteiger partial charge in [0.15, 0.2) is 11.6 Å². The zero-order valence-corrected chi connectivity index (χ0v) is 28.9. The van der Waals surface area contributed by atoms with Crippen LogP contribution in [-0.4, -0.2) is 24.6 Å². The van der Waals surface area contributed by atoms with E-state index < -0.39 is 10.8 Å². The van der Waals surface area contributed by atoms with E-state index in [-0.39, 0.29) is 50.7 Å². The zero-order valence-electron chi connectivity index (χ0n) is 28.9. The summed E-state index contributed by atoms with van der Waals surface area (Å²) in [6.45, 7) is 23.9. The third-order valence-corrected chi connectivity index (χ3v) is 11.8. The van der Waals surface area contributed by atoms with Crippen LogP contribution in [-0.2, 0) is 19.1 Å². The molecule has 5 heteroatoms. The molecule has 0 N–H and O–H groups in total. The van der Waals surface area contributed by atoms with Crippen LogP contribution in [0.2, 0.25) is 0 Å². The van der Waals surface area contributed by atoms with Gasteiger partial charge in [0.25, 0.3) is 0 Å². The highest BCUT2D eigenvalue weighted by Crippen LogP contribution is 2.67. The first-order chi connectivity index (χ1) is 19.1. The summed E-state index contributed by atoms with van der Waals surface area (Å²) in [6, 6.07) is 2.18. The van der Waals surface area contributed by atoms with Gasteiger partial charge in [-0.25, -0.2) is 0 Å². The van der Waals surface area contributed by atoms with Gasteiger partial charge in [0, 0.05) is 17.3 Å². The molecule has 236 valence electrons. The Balaban J connectivity index is 2.52. The zero-order chi connectivity index (χ0) is 32.4. The summed E-state index contributed by atoms with van der Waals surface area (Å²) >= 11 is 0. The Morgan fingerprint density at radius 2 is 1.62 bits per heavy atom. The van der Waals surface area contributed by atoms with Crippen molar-refractivity contribution < 1.29 is 19.1 Å². The molecule has 0 aliphatic heterocycles. The number of nitriles is 1. The second-order valence-corrected chi connectivity index (χ2v) is 16.3. The normalized spacial score (nSPS) is 28.4. The molecular weight excluding hydrogens is 522 g/mol. The molecule has 0 saturated heterocycles. The molecule has 0 amide bonds. The molecule has 2 aliphatic carbocycles. The van der Waals surface area contributed by atoms with Crippen LogP contribution in [0.1, 0.15) is 140 Å². The topological polar surface area (TPSA) is 84.2 Å². The SMILES string of the molecule is CCCC(C)(C)CC[C@](C)(CCC(=O)OC)CCC(C)(C)[C@]1(C)CC[C@H]2C(C)(C)C(=O)C(C#N)=C[C@]2(C)/C1=C/C(C)=O. The second-order valence-electron chi connectivity index (χ2n) is 16.3. The molecule has 0 aromatic carbocycles. The van der Waals surface area contributed by atoms with Crippen molar-refractivity contribution >= 4 is 17.5 Å². The Hall–Kier alpha value is -2.22. The molecule has 4 atom stereocenters. The van der Waals surface area contributed by atoms with Gasteiger partial charge >= 0.3 is 5.97 Å². The number of ether oxygens (including phenoxy) is 1. The highest BCUT2D eigenvalue weighted by molar-refractivity contribution is 6.04. The predicted octanol–water partition coefficient (Wildman–Crippen LogP) is 9.36. The van der Waals surface area contributed by atoms with E-state index in [9.17, 15) is 19.6 Å². The van der Waals surface area contributed by atoms with Crippen LogP contribution < -0.4 is 0 Å². The molecule has 0 spiro atoms. The van der Waals surface area contributed by atoms with Crippen molar-refractivity contribution in [1.82, 2.24) is 0 Å². The van der Waals surface area contributed by atoms with Crippen molar-refractivity contribution in [3.05, 3.63) is 23.3 Å². The van der Waals surface area contributed by atoms with Crippen LogP contribution in [0.25, 0.3) is 0 Å². The number of esters is 1. The lowest BCUT2D eigenvalue weighted by atomic mass is 9.42. The van der Waals surface area contributed by atoms with E-state index in [1.807, 2.05) is 26.0 Å². The molecule has 1 fully saturated rings. The van der Waals surface area contributed by atoms with Crippen LogP contribution in [0.4, 0.5) is 0 Å². The Bertz CT molecular complexity index is 1150. The third-order valence-electron chi connectivity index (χ3n) is 11.8. The van der Waals surface area contributed by atoms with Gasteiger partial charge in [0.05, 0.1) is 12.7 Å². The predicted molar refractivity (Wildman–Crippen MR) is 170 cm³/mol. The molecule has 0 bridgehead atoms. The molecule has 5 nitrogen and oxygen atoms in total. The molecule has 1 saturated carbocycles. The maximum absolute atomic E-state index is 13.3. The molecule has 0 aromatic heterocycles. The number of fused-ring (bicyclic) bond motifs is 1. The maximum Gasteiger partial charge on any atom is 0.305 e. The average molecular weight is 582 g/mol. The van der Waals surface area contributed by atoms with Gasteiger partial charge in [0.1, 0.15) is 6.07 Å². The smallest absolute Gasteiger partial charge is 0.305 e. The molecule has 0 heterocycles. The minimum Gasteiger partial charge on any atom is -0.469 e. The number of hydrogen-bond acceptors (Lipinski definition) is 5. The van der Waals surface area contributed by atoms with E-state index in [1.54, 1.807) is 6.92 Å². The summed E-state index contributed by atoms with van der Waals surface area (Å²) in [6.07, 6.45) is 13.0. The fraction of sp³-hybridized carbons (Fsp3) is 0.784. The van der Waals surface area contributed by atoms with Crippen molar-refractivity contribution in [3.63, 3.8) is 0 Å². The van der Waals surface area contributed by atoms with E-state index >= 15 is 0 Å². The fourth-order valence-electron chi connectivity index (χ4n) is 8.33. The van der Waals surface area contributed by atoms with Crippen molar-refractivity contribution in [2.45, 2.75) is 140 Å². The maximum atomic E-state index is 13.3. The molecule has 0 radical (unpaired) electrons. The van der Waals surface area contributed by atoms with E-state index in [0.717, 1.165) is 56.9 Å². The molecule has 2 aliphatic rings. The summed E-state index contributed by atoms with van der Waals surface area (Å²) in [5, 5.41) is 9.92. The lowest BCUT2D eigenvalue weighted by Gasteiger charge is -2.61. The fourth-order valence-corrected chi connectivity index (χ4v) is 8.33. The van der Waals surface area contributed by atoms with E-state index in [2.05, 4.69) is 61.5 Å². The van der Waals surface area contributed by atoms with Crippen LogP contribution in [0.15, 0.2) is 23.3 Å². The molecule has 42 heavy (non-hydrogen) atoms. The molecule has 2 rings (SSSR count). The number of hydrogen-bond donors (Lipinski definition) is 0. The first-order valence-electron chi connectivity index (χ1n) is 16.1. The molecular formula is C37H59NO4. The highest BCUT2D eigenvalue weighted by Gasteiger charge is 2.61. The van der Waals surface area contributed by atoms with Crippen molar-refractivity contribution in [3.8, 4) is 6.07 Å². The van der Waals surface area contributed by atoms with Gasteiger partial charge in [-0.1, -0.05) is 87.3 Å². The van der Waals surface area contributed by atoms with Gasteiger partial charge in [-0.3, -0.25) is 14.4 Å². The van der Waals surface area contributed by atoms with Gasteiger partial charge < -0.3 is 4.74 Å². The Morgan fingerprint density at radius 1 is 1.02 bits per heavy atom. The number of nitrogens with zero attached hydrogens (tertiary/aromatic N) is 1. The first-order valence-corrected chi connectivity index (χ1v) is 16.1. The van der Waals surface area contributed by atoms with Crippen LogP contribution in [0.5, 0.6) is 0 Å². The quantitative estimate of drug-likeness (QED) is 0.160. The van der Waals surface area contributed by atoms with Crippen LogP contribution >= 0.6 is 0 Å². The van der Waals surface area contributed by atoms with Gasteiger partial charge in [-0.05, 0) is 91.9 Å². The number of methoxy groups -OCH3 is 1. The highest BCUT2D eigenvalue weighted by atomic mass is 16.5. The Morgan fingerprint density at radius 3 is 2.14 bits per heavy atom. The summed E-state index contributed by atoms with van der Waals surface area (Å²) < 4.78 is 5.01.